The van der Waals surface area contributed by atoms with Gasteiger partial charge in [0.2, 0.25) is 11.8 Å². The minimum atomic E-state index is -0.439. The quantitative estimate of drug-likeness (QED) is 0.641. The fourth-order valence-corrected chi connectivity index (χ4v) is 1.91. The maximum Gasteiger partial charge on any atom is 0.249 e. The minimum absolute atomic E-state index is 0.439. The minimum Gasteiger partial charge on any atom is -0.366 e. The lowest BCUT2D eigenvalue weighted by atomic mass is 10.2. The van der Waals surface area contributed by atoms with Crippen LogP contribution in [0.15, 0.2) is 58.3 Å². The highest BCUT2D eigenvalue weighted by Crippen LogP contribution is 2.11. The van der Waals surface area contributed by atoms with Crippen LogP contribution in [0.1, 0.15) is 20.7 Å². The van der Waals surface area contributed by atoms with Crippen molar-refractivity contribution in [2.75, 3.05) is 0 Å². The summed E-state index contributed by atoms with van der Waals surface area (Å²) in [5.74, 6) is -0.879. The van der Waals surface area contributed by atoms with Crippen LogP contribution in [-0.2, 0) is 0 Å². The van der Waals surface area contributed by atoms with E-state index in [-0.39, 0.29) is 0 Å². The van der Waals surface area contributed by atoms with Crippen molar-refractivity contribution in [2.45, 2.75) is 9.79 Å². The second kappa shape index (κ2) is 7.62. The van der Waals surface area contributed by atoms with Crippen LogP contribution in [0.5, 0.6) is 0 Å². The van der Waals surface area contributed by atoms with Gasteiger partial charge in [-0.15, -0.1) is 25.3 Å². The molecular weight excluding hydrogens is 292 g/mol. The van der Waals surface area contributed by atoms with Crippen molar-refractivity contribution in [3.05, 3.63) is 59.7 Å². The van der Waals surface area contributed by atoms with Crippen molar-refractivity contribution in [3.63, 3.8) is 0 Å². The second-order valence-corrected chi connectivity index (χ2v) is 4.73. The first kappa shape index (κ1) is 16.1. The van der Waals surface area contributed by atoms with Gasteiger partial charge < -0.3 is 11.5 Å². The molecule has 2 aromatic carbocycles. The predicted molar refractivity (Wildman–Crippen MR) is 84.4 cm³/mol. The average Bonchev–Trinajstić information content (AvgIpc) is 2.40. The summed E-state index contributed by atoms with van der Waals surface area (Å²) >= 11 is 8.07. The van der Waals surface area contributed by atoms with Gasteiger partial charge in [0, 0.05) is 9.79 Å². The van der Waals surface area contributed by atoms with Crippen LogP contribution >= 0.6 is 25.3 Å². The van der Waals surface area contributed by atoms with Crippen molar-refractivity contribution in [1.29, 1.82) is 0 Å². The van der Waals surface area contributed by atoms with E-state index in [0.717, 1.165) is 0 Å². The number of carbonyl (C=O) groups excluding carboxylic acids is 2. The van der Waals surface area contributed by atoms with E-state index < -0.39 is 11.8 Å². The number of primary amides is 2. The molecule has 0 bridgehead atoms. The van der Waals surface area contributed by atoms with Crippen LogP contribution in [-0.4, -0.2) is 11.8 Å². The van der Waals surface area contributed by atoms with E-state index >= 15 is 0 Å². The Hall–Kier alpha value is -1.92. The highest BCUT2D eigenvalue weighted by atomic mass is 32.1. The van der Waals surface area contributed by atoms with Crippen molar-refractivity contribution >= 4 is 37.1 Å². The summed E-state index contributed by atoms with van der Waals surface area (Å²) in [5.41, 5.74) is 11.0. The summed E-state index contributed by atoms with van der Waals surface area (Å²) in [5, 5.41) is 0. The molecule has 0 atom stereocenters. The van der Waals surface area contributed by atoms with Gasteiger partial charge in [0.05, 0.1) is 11.1 Å². The first-order valence-corrected chi connectivity index (χ1v) is 6.48. The Morgan fingerprint density at radius 2 is 1.00 bits per heavy atom. The summed E-state index contributed by atoms with van der Waals surface area (Å²) in [4.78, 5) is 22.4. The number of amides is 2. The second-order valence-electron chi connectivity index (χ2n) is 3.76. The lowest BCUT2D eigenvalue weighted by Crippen LogP contribution is -2.11. The molecule has 4 nitrogen and oxygen atoms in total. The SMILES string of the molecule is NC(=O)c1ccccc1S.NC(=O)c1ccccc1S. The maximum atomic E-state index is 10.6. The van der Waals surface area contributed by atoms with E-state index in [9.17, 15) is 9.59 Å². The Kier molecular flexibility index (Phi) is 6.14. The molecule has 2 rings (SSSR count). The molecule has 0 aliphatic heterocycles. The van der Waals surface area contributed by atoms with Crippen LogP contribution < -0.4 is 11.5 Å². The number of benzene rings is 2. The van der Waals surface area contributed by atoms with Crippen molar-refractivity contribution in [1.82, 2.24) is 0 Å². The molecule has 0 spiro atoms. The Morgan fingerprint density at radius 1 is 0.700 bits per heavy atom. The third-order valence-corrected chi connectivity index (χ3v) is 3.12. The van der Waals surface area contributed by atoms with Crippen molar-refractivity contribution in [2.24, 2.45) is 11.5 Å². The fourth-order valence-electron chi connectivity index (χ4n) is 1.36. The van der Waals surface area contributed by atoms with Crippen LogP contribution in [0.25, 0.3) is 0 Å². The van der Waals surface area contributed by atoms with E-state index in [0.29, 0.717) is 20.9 Å². The van der Waals surface area contributed by atoms with Gasteiger partial charge in [-0.25, -0.2) is 0 Å². The molecule has 2 aromatic rings. The fraction of sp³-hybridized carbons (Fsp3) is 0. The molecule has 0 heterocycles. The summed E-state index contributed by atoms with van der Waals surface area (Å²) < 4.78 is 0. The largest absolute Gasteiger partial charge is 0.366 e. The van der Waals surface area contributed by atoms with Crippen molar-refractivity contribution < 1.29 is 9.59 Å². The molecule has 6 heteroatoms. The normalized spacial score (nSPS) is 9.30. The molecule has 0 saturated carbocycles. The Bertz CT molecular complexity index is 575. The molecule has 0 aliphatic carbocycles. The van der Waals surface area contributed by atoms with Gasteiger partial charge in [0.15, 0.2) is 0 Å². The number of hydrogen-bond donors (Lipinski definition) is 4. The number of nitrogens with two attached hydrogens (primary N) is 2. The third-order valence-electron chi connectivity index (χ3n) is 2.34. The molecule has 2 amide bonds. The van der Waals surface area contributed by atoms with E-state index in [4.69, 9.17) is 11.5 Å². The molecule has 0 aliphatic rings. The summed E-state index contributed by atoms with van der Waals surface area (Å²) in [6.07, 6.45) is 0. The third kappa shape index (κ3) is 4.64. The van der Waals surface area contributed by atoms with Gasteiger partial charge in [-0.1, -0.05) is 24.3 Å². The zero-order valence-corrected chi connectivity index (χ0v) is 12.3. The van der Waals surface area contributed by atoms with Gasteiger partial charge in [0.1, 0.15) is 0 Å². The van der Waals surface area contributed by atoms with E-state index in [1.54, 1.807) is 48.5 Å². The van der Waals surface area contributed by atoms with Crippen LogP contribution in [0.2, 0.25) is 0 Å². The predicted octanol–water partition coefficient (Wildman–Crippen LogP) is 2.15. The smallest absolute Gasteiger partial charge is 0.249 e. The molecule has 0 radical (unpaired) electrons. The molecule has 4 N–H and O–H groups in total. The van der Waals surface area contributed by atoms with Gasteiger partial charge in [0.25, 0.3) is 0 Å². The van der Waals surface area contributed by atoms with E-state index in [1.807, 2.05) is 0 Å². The number of rotatable bonds is 2. The molecule has 0 saturated heterocycles. The average molecular weight is 306 g/mol. The van der Waals surface area contributed by atoms with Gasteiger partial charge in [-0.2, -0.15) is 0 Å². The lowest BCUT2D eigenvalue weighted by molar-refractivity contribution is 0.0989. The molecule has 0 unspecified atom stereocenters. The molecular formula is C14H14N2O2S2. The number of carbonyl (C=O) groups is 2. The van der Waals surface area contributed by atoms with E-state index in [1.165, 1.54) is 0 Å². The Labute approximate surface area is 128 Å². The number of thiol groups is 2. The zero-order chi connectivity index (χ0) is 15.1. The van der Waals surface area contributed by atoms with Crippen LogP contribution in [0.3, 0.4) is 0 Å². The van der Waals surface area contributed by atoms with Crippen LogP contribution in [0, 0.1) is 0 Å². The highest BCUT2D eigenvalue weighted by molar-refractivity contribution is 7.80. The molecule has 104 valence electrons. The molecule has 20 heavy (non-hydrogen) atoms. The highest BCUT2D eigenvalue weighted by Gasteiger charge is 2.02. The Balaban J connectivity index is 0.000000200. The standard InChI is InChI=1S/2C7H7NOS/c2*8-7(9)5-3-1-2-4-6(5)10/h2*1-4,10H,(H2,8,9). The zero-order valence-electron chi connectivity index (χ0n) is 10.5. The first-order valence-electron chi connectivity index (χ1n) is 5.59. The summed E-state index contributed by atoms with van der Waals surface area (Å²) in [7, 11) is 0. The van der Waals surface area contributed by atoms with Gasteiger partial charge >= 0.3 is 0 Å². The van der Waals surface area contributed by atoms with Gasteiger partial charge in [-0.05, 0) is 24.3 Å². The molecule has 0 aromatic heterocycles. The van der Waals surface area contributed by atoms with E-state index in [2.05, 4.69) is 25.3 Å². The van der Waals surface area contributed by atoms with Crippen molar-refractivity contribution in [3.8, 4) is 0 Å². The Morgan fingerprint density at radius 3 is 1.20 bits per heavy atom. The topological polar surface area (TPSA) is 86.2 Å². The van der Waals surface area contributed by atoms with Gasteiger partial charge in [-0.3, -0.25) is 9.59 Å². The summed E-state index contributed by atoms with van der Waals surface area (Å²) in [6.45, 7) is 0. The first-order chi connectivity index (χ1) is 9.43. The maximum absolute atomic E-state index is 10.6. The summed E-state index contributed by atoms with van der Waals surface area (Å²) in [6, 6.07) is 13.8. The van der Waals surface area contributed by atoms with Crippen LogP contribution in [0.4, 0.5) is 0 Å². The monoisotopic (exact) mass is 306 g/mol. The lowest BCUT2D eigenvalue weighted by Gasteiger charge is -1.96. The molecule has 0 fully saturated rings. The number of hydrogen-bond acceptors (Lipinski definition) is 4.